The summed E-state index contributed by atoms with van der Waals surface area (Å²) in [7, 11) is 3.83. The maximum atomic E-state index is 13.2. The highest BCUT2D eigenvalue weighted by molar-refractivity contribution is 5.90. The Hall–Kier alpha value is -3.71. The van der Waals surface area contributed by atoms with Gasteiger partial charge in [-0.05, 0) is 84.1 Å². The Balaban J connectivity index is 1.20. The van der Waals surface area contributed by atoms with Gasteiger partial charge in [-0.3, -0.25) is 0 Å². The number of esters is 1. The number of likely N-dealkylation sites (N-methyl/N-ethyl adjacent to an activating group) is 1. The smallest absolute Gasteiger partial charge is 0.338 e. The van der Waals surface area contributed by atoms with Crippen LogP contribution in [-0.2, 0) is 10.3 Å². The zero-order valence-corrected chi connectivity index (χ0v) is 24.5. The minimum atomic E-state index is -1.00. The van der Waals surface area contributed by atoms with Crippen molar-refractivity contribution in [2.45, 2.75) is 31.0 Å². The largest absolute Gasteiger partial charge is 0.497 e. The first-order valence-electron chi connectivity index (χ1n) is 15.0. The lowest BCUT2D eigenvalue weighted by Gasteiger charge is -2.46. The lowest BCUT2D eigenvalue weighted by atomic mass is 9.70. The molecule has 0 aromatic heterocycles. The van der Waals surface area contributed by atoms with E-state index in [4.69, 9.17) is 9.47 Å². The highest BCUT2D eigenvalue weighted by Crippen LogP contribution is 2.44. The van der Waals surface area contributed by atoms with Crippen molar-refractivity contribution in [2.24, 2.45) is 5.92 Å². The SMILES string of the molecule is COc1ccc2cc(C3(O)CCC(OC(=O)c4ccc(-c5ccccc5)cc4)CC3CN3CCN(C)CC3)ccc2c1. The van der Waals surface area contributed by atoms with Crippen molar-refractivity contribution < 1.29 is 19.4 Å². The topological polar surface area (TPSA) is 62.2 Å². The molecule has 218 valence electrons. The van der Waals surface area contributed by atoms with Gasteiger partial charge in [0.15, 0.2) is 0 Å². The van der Waals surface area contributed by atoms with Crippen molar-refractivity contribution in [3.05, 3.63) is 102 Å². The number of benzene rings is 4. The summed E-state index contributed by atoms with van der Waals surface area (Å²) in [4.78, 5) is 18.0. The van der Waals surface area contributed by atoms with Crippen molar-refractivity contribution in [2.75, 3.05) is 46.9 Å². The van der Waals surface area contributed by atoms with E-state index in [0.29, 0.717) is 24.8 Å². The summed E-state index contributed by atoms with van der Waals surface area (Å²) in [6, 6.07) is 30.0. The van der Waals surface area contributed by atoms with Crippen LogP contribution in [0.5, 0.6) is 5.75 Å². The Labute approximate surface area is 248 Å². The van der Waals surface area contributed by atoms with Crippen LogP contribution in [-0.4, -0.2) is 73.9 Å². The van der Waals surface area contributed by atoms with Crippen molar-refractivity contribution in [1.29, 1.82) is 0 Å². The van der Waals surface area contributed by atoms with Gasteiger partial charge in [0.05, 0.1) is 18.3 Å². The summed E-state index contributed by atoms with van der Waals surface area (Å²) in [5.74, 6) is 0.450. The molecular formula is C36H40N2O4. The van der Waals surface area contributed by atoms with E-state index in [0.717, 1.165) is 65.9 Å². The monoisotopic (exact) mass is 564 g/mol. The molecule has 4 aromatic rings. The highest BCUT2D eigenvalue weighted by Gasteiger charge is 2.45. The molecule has 6 nitrogen and oxygen atoms in total. The molecule has 3 atom stereocenters. The molecule has 6 rings (SSSR count). The molecule has 2 fully saturated rings. The van der Waals surface area contributed by atoms with Gasteiger partial charge in [-0.15, -0.1) is 0 Å². The molecular weight excluding hydrogens is 524 g/mol. The van der Waals surface area contributed by atoms with Crippen LogP contribution < -0.4 is 4.74 Å². The minimum absolute atomic E-state index is 0.0661. The van der Waals surface area contributed by atoms with E-state index in [1.54, 1.807) is 7.11 Å². The van der Waals surface area contributed by atoms with Gasteiger partial charge in [0.2, 0.25) is 0 Å². The van der Waals surface area contributed by atoms with Gasteiger partial charge in [0, 0.05) is 38.6 Å². The molecule has 4 aromatic carbocycles. The van der Waals surface area contributed by atoms with Crippen LogP contribution in [0.3, 0.4) is 0 Å². The van der Waals surface area contributed by atoms with Gasteiger partial charge >= 0.3 is 5.97 Å². The molecule has 3 unspecified atom stereocenters. The molecule has 1 heterocycles. The lowest BCUT2D eigenvalue weighted by molar-refractivity contribution is -0.100. The van der Waals surface area contributed by atoms with Crippen molar-refractivity contribution in [1.82, 2.24) is 9.80 Å². The van der Waals surface area contributed by atoms with Crippen LogP contribution in [0.4, 0.5) is 0 Å². The van der Waals surface area contributed by atoms with Gasteiger partial charge in [-0.2, -0.15) is 0 Å². The standard InChI is InChI=1S/C36H40N2O4/c1-37-18-20-38(21-19-37)25-32-24-34(42-35(39)28-10-8-27(9-11-28)26-6-4-3-5-7-26)16-17-36(32,40)31-14-12-30-23-33(41-2)15-13-29(30)22-31/h3-15,22-23,32,34,40H,16-21,24-25H2,1-2H3. The fourth-order valence-electron chi connectivity index (χ4n) is 6.54. The molecule has 0 bridgehead atoms. The van der Waals surface area contributed by atoms with E-state index in [1.807, 2.05) is 60.7 Å². The first kappa shape index (κ1) is 28.4. The number of carbonyl (C=O) groups is 1. The second-order valence-electron chi connectivity index (χ2n) is 11.9. The predicted octanol–water partition coefficient (Wildman–Crippen LogP) is 5.98. The number of nitrogens with zero attached hydrogens (tertiary/aromatic N) is 2. The molecule has 0 amide bonds. The first-order valence-corrected chi connectivity index (χ1v) is 15.0. The predicted molar refractivity (Wildman–Crippen MR) is 167 cm³/mol. The van der Waals surface area contributed by atoms with Gasteiger partial charge in [-0.25, -0.2) is 4.79 Å². The maximum absolute atomic E-state index is 13.2. The number of piperazine rings is 1. The van der Waals surface area contributed by atoms with Crippen molar-refractivity contribution in [3.63, 3.8) is 0 Å². The summed E-state index contributed by atoms with van der Waals surface area (Å²) < 4.78 is 11.5. The molecule has 1 N–H and O–H groups in total. The third-order valence-corrected chi connectivity index (χ3v) is 9.19. The van der Waals surface area contributed by atoms with Gasteiger partial charge < -0.3 is 24.4 Å². The lowest BCUT2D eigenvalue weighted by Crippen LogP contribution is -2.52. The Morgan fingerprint density at radius 1 is 0.881 bits per heavy atom. The highest BCUT2D eigenvalue weighted by atomic mass is 16.5. The number of ether oxygens (including phenoxy) is 2. The van der Waals surface area contributed by atoms with Crippen molar-refractivity contribution in [3.8, 4) is 16.9 Å². The Morgan fingerprint density at radius 3 is 2.31 bits per heavy atom. The third-order valence-electron chi connectivity index (χ3n) is 9.19. The van der Waals surface area contributed by atoms with E-state index in [9.17, 15) is 9.90 Å². The van der Waals surface area contributed by atoms with E-state index in [1.165, 1.54) is 0 Å². The number of hydrogen-bond acceptors (Lipinski definition) is 6. The van der Waals surface area contributed by atoms with E-state index in [-0.39, 0.29) is 18.0 Å². The van der Waals surface area contributed by atoms with Crippen LogP contribution in [0.15, 0.2) is 91.0 Å². The van der Waals surface area contributed by atoms with Crippen molar-refractivity contribution >= 4 is 16.7 Å². The molecule has 0 radical (unpaired) electrons. The number of fused-ring (bicyclic) bond motifs is 1. The van der Waals surface area contributed by atoms with Crippen LogP contribution >= 0.6 is 0 Å². The maximum Gasteiger partial charge on any atom is 0.338 e. The number of hydrogen-bond donors (Lipinski definition) is 1. The summed E-state index contributed by atoms with van der Waals surface area (Å²) >= 11 is 0. The van der Waals surface area contributed by atoms with Gasteiger partial charge in [-0.1, -0.05) is 60.7 Å². The molecule has 2 aliphatic rings. The average Bonchev–Trinajstić information content (AvgIpc) is 3.03. The summed E-state index contributed by atoms with van der Waals surface area (Å²) in [6.07, 6.45) is 1.54. The first-order chi connectivity index (χ1) is 20.4. The third kappa shape index (κ3) is 6.07. The summed E-state index contributed by atoms with van der Waals surface area (Å²) in [6.45, 7) is 4.74. The van der Waals surface area contributed by atoms with E-state index in [2.05, 4.69) is 47.2 Å². The van der Waals surface area contributed by atoms with Crippen LogP contribution in [0, 0.1) is 5.92 Å². The fourth-order valence-corrected chi connectivity index (χ4v) is 6.54. The van der Waals surface area contributed by atoms with E-state index >= 15 is 0 Å². The quantitative estimate of drug-likeness (QED) is 0.279. The van der Waals surface area contributed by atoms with Crippen LogP contribution in [0.2, 0.25) is 0 Å². The number of rotatable bonds is 7. The molecule has 0 spiro atoms. The second-order valence-corrected chi connectivity index (χ2v) is 11.9. The number of methoxy groups -OCH3 is 1. The number of aliphatic hydroxyl groups is 1. The van der Waals surface area contributed by atoms with E-state index < -0.39 is 5.60 Å². The van der Waals surface area contributed by atoms with Gasteiger partial charge in [0.25, 0.3) is 0 Å². The fraction of sp³-hybridized carbons (Fsp3) is 0.361. The molecule has 6 heteroatoms. The summed E-state index contributed by atoms with van der Waals surface area (Å²) in [5.41, 5.74) is 2.66. The molecule has 1 saturated carbocycles. The average molecular weight is 565 g/mol. The zero-order valence-electron chi connectivity index (χ0n) is 24.5. The van der Waals surface area contributed by atoms with Crippen LogP contribution in [0.1, 0.15) is 35.2 Å². The molecule has 42 heavy (non-hydrogen) atoms. The van der Waals surface area contributed by atoms with Crippen LogP contribution in [0.25, 0.3) is 21.9 Å². The normalized spacial score (nSPS) is 23.5. The molecule has 1 aliphatic heterocycles. The van der Waals surface area contributed by atoms with Gasteiger partial charge in [0.1, 0.15) is 11.9 Å². The minimum Gasteiger partial charge on any atom is -0.497 e. The zero-order chi connectivity index (χ0) is 29.1. The Morgan fingerprint density at radius 2 is 1.57 bits per heavy atom. The molecule has 1 saturated heterocycles. The summed E-state index contributed by atoms with van der Waals surface area (Å²) in [5, 5.41) is 14.5. The molecule has 1 aliphatic carbocycles. The second kappa shape index (κ2) is 12.3. The Kier molecular flexibility index (Phi) is 8.29. The number of carbonyl (C=O) groups excluding carboxylic acids is 1. The Bertz CT molecular complexity index is 1510.